The summed E-state index contributed by atoms with van der Waals surface area (Å²) in [5.41, 5.74) is 1.30. The summed E-state index contributed by atoms with van der Waals surface area (Å²) < 4.78 is 1.89. The van der Waals surface area contributed by atoms with Crippen molar-refractivity contribution in [1.29, 1.82) is 0 Å². The summed E-state index contributed by atoms with van der Waals surface area (Å²) in [5, 5.41) is 7.79. The molecule has 90 valence electrons. The second kappa shape index (κ2) is 4.88. The molecule has 0 spiro atoms. The smallest absolute Gasteiger partial charge is 0.298 e. The fraction of sp³-hybridized carbons (Fsp3) is 0.400. The zero-order chi connectivity index (χ0) is 12.3. The van der Waals surface area contributed by atoms with Gasteiger partial charge in [0, 0.05) is 6.20 Å². The molecule has 0 saturated carbocycles. The first-order chi connectivity index (χ1) is 8.16. The Labute approximate surface area is 98.9 Å². The monoisotopic (exact) mass is 235 g/mol. The molecule has 2 heterocycles. The summed E-state index contributed by atoms with van der Waals surface area (Å²) in [5.74, 6) is 0. The zero-order valence-corrected chi connectivity index (χ0v) is 10.1. The highest BCUT2D eigenvalue weighted by Crippen LogP contribution is 2.03. The quantitative estimate of drug-likeness (QED) is 0.308. The fourth-order valence-electron chi connectivity index (χ4n) is 1.42. The van der Waals surface area contributed by atoms with Crippen molar-refractivity contribution in [3.05, 3.63) is 18.3 Å². The SMILES string of the molecule is CN(C)C[N+](C)=COn1nnc2cccnc21. The highest BCUT2D eigenvalue weighted by Gasteiger charge is 2.06. The van der Waals surface area contributed by atoms with Crippen LogP contribution in [-0.4, -0.2) is 63.8 Å². The van der Waals surface area contributed by atoms with Crippen molar-refractivity contribution in [2.45, 2.75) is 0 Å². The van der Waals surface area contributed by atoms with Crippen molar-refractivity contribution >= 4 is 17.6 Å². The first-order valence-corrected chi connectivity index (χ1v) is 5.18. The molecule has 0 unspecified atom stereocenters. The van der Waals surface area contributed by atoms with E-state index in [1.165, 1.54) is 4.85 Å². The van der Waals surface area contributed by atoms with Crippen LogP contribution in [0.5, 0.6) is 0 Å². The van der Waals surface area contributed by atoms with Crippen molar-refractivity contribution in [2.24, 2.45) is 0 Å². The molecular weight excluding hydrogens is 220 g/mol. The third kappa shape index (κ3) is 2.76. The standard InChI is InChI=1S/C10H15N6O/c1-14(2)7-15(3)8-17-16-10-9(12-13-16)5-4-6-11-10/h4-6,8H,7H2,1-3H3/q+1. The second-order valence-electron chi connectivity index (χ2n) is 4.00. The molecule has 17 heavy (non-hydrogen) atoms. The predicted molar refractivity (Wildman–Crippen MR) is 62.7 cm³/mol. The average Bonchev–Trinajstić information content (AvgIpc) is 2.69. The summed E-state index contributed by atoms with van der Waals surface area (Å²) in [7, 11) is 5.88. The van der Waals surface area contributed by atoms with Crippen molar-refractivity contribution in [3.63, 3.8) is 0 Å². The van der Waals surface area contributed by atoms with Crippen molar-refractivity contribution in [1.82, 2.24) is 25.0 Å². The zero-order valence-electron chi connectivity index (χ0n) is 10.1. The van der Waals surface area contributed by atoms with Crippen molar-refractivity contribution in [3.8, 4) is 0 Å². The number of hydrogen-bond donors (Lipinski definition) is 0. The molecule has 0 fully saturated rings. The van der Waals surface area contributed by atoms with Gasteiger partial charge >= 0.3 is 6.40 Å². The highest BCUT2D eigenvalue weighted by atomic mass is 16.7. The van der Waals surface area contributed by atoms with Crippen LogP contribution in [0.1, 0.15) is 0 Å². The molecule has 0 radical (unpaired) electrons. The lowest BCUT2D eigenvalue weighted by molar-refractivity contribution is -0.520. The van der Waals surface area contributed by atoms with Gasteiger partial charge in [0.2, 0.25) is 12.3 Å². The minimum Gasteiger partial charge on any atom is -0.298 e. The van der Waals surface area contributed by atoms with E-state index >= 15 is 0 Å². The number of pyridine rings is 1. The van der Waals surface area contributed by atoms with Crippen LogP contribution >= 0.6 is 0 Å². The van der Waals surface area contributed by atoms with E-state index in [1.807, 2.05) is 42.8 Å². The van der Waals surface area contributed by atoms with Crippen molar-refractivity contribution in [2.75, 3.05) is 27.8 Å². The van der Waals surface area contributed by atoms with Crippen LogP contribution in [-0.2, 0) is 0 Å². The van der Waals surface area contributed by atoms with Crippen LogP contribution in [0.4, 0.5) is 0 Å². The maximum atomic E-state index is 5.38. The molecule has 0 saturated heterocycles. The minimum atomic E-state index is 0.599. The van der Waals surface area contributed by atoms with E-state index in [0.29, 0.717) is 11.2 Å². The van der Waals surface area contributed by atoms with Crippen LogP contribution in [0.25, 0.3) is 11.2 Å². The molecule has 0 aliphatic heterocycles. The lowest BCUT2D eigenvalue weighted by Crippen LogP contribution is -2.27. The van der Waals surface area contributed by atoms with Gasteiger partial charge in [-0.3, -0.25) is 9.74 Å². The molecule has 0 aliphatic carbocycles. The molecule has 2 aromatic heterocycles. The topological polar surface area (TPSA) is 59.1 Å². The number of nitrogens with zero attached hydrogens (tertiary/aromatic N) is 6. The molecular formula is C10H15N6O+. The van der Waals surface area contributed by atoms with E-state index in [0.717, 1.165) is 6.67 Å². The largest absolute Gasteiger partial charge is 0.352 e. The van der Waals surface area contributed by atoms with E-state index in [-0.39, 0.29) is 0 Å². The Morgan fingerprint density at radius 1 is 1.53 bits per heavy atom. The molecule has 0 bridgehead atoms. The van der Waals surface area contributed by atoms with E-state index in [4.69, 9.17) is 4.84 Å². The molecule has 7 nitrogen and oxygen atoms in total. The third-order valence-corrected chi connectivity index (χ3v) is 2.01. The lowest BCUT2D eigenvalue weighted by Gasteiger charge is -2.04. The van der Waals surface area contributed by atoms with E-state index < -0.39 is 0 Å². The molecule has 2 rings (SSSR count). The van der Waals surface area contributed by atoms with Gasteiger partial charge in [0.05, 0.1) is 0 Å². The Balaban J connectivity index is 2.14. The van der Waals surface area contributed by atoms with Gasteiger partial charge < -0.3 is 0 Å². The summed E-state index contributed by atoms with van der Waals surface area (Å²) in [4.78, 5) is 12.8. The maximum Gasteiger partial charge on any atom is 0.352 e. The van der Waals surface area contributed by atoms with Crippen LogP contribution in [0.15, 0.2) is 18.3 Å². The van der Waals surface area contributed by atoms with Crippen LogP contribution < -0.4 is 4.84 Å². The lowest BCUT2D eigenvalue weighted by atomic mass is 10.4. The fourth-order valence-corrected chi connectivity index (χ4v) is 1.42. The Bertz CT molecular complexity index is 532. The summed E-state index contributed by atoms with van der Waals surface area (Å²) in [6.07, 6.45) is 3.25. The summed E-state index contributed by atoms with van der Waals surface area (Å²) in [6, 6.07) is 3.64. The summed E-state index contributed by atoms with van der Waals surface area (Å²) >= 11 is 0. The third-order valence-electron chi connectivity index (χ3n) is 2.01. The molecule has 7 heteroatoms. The van der Waals surface area contributed by atoms with Gasteiger partial charge in [-0.2, -0.15) is 4.58 Å². The van der Waals surface area contributed by atoms with Crippen molar-refractivity contribution < 1.29 is 9.41 Å². The molecule has 0 N–H and O–H groups in total. The minimum absolute atomic E-state index is 0.599. The van der Waals surface area contributed by atoms with Crippen LogP contribution in [0, 0.1) is 0 Å². The first kappa shape index (κ1) is 11.5. The number of aromatic nitrogens is 4. The second-order valence-corrected chi connectivity index (χ2v) is 4.00. The Kier molecular flexibility index (Phi) is 3.29. The molecule has 0 aromatic carbocycles. The molecule has 0 amide bonds. The number of fused-ring (bicyclic) bond motifs is 1. The van der Waals surface area contributed by atoms with Crippen LogP contribution in [0.2, 0.25) is 0 Å². The number of rotatable bonds is 4. The molecule has 0 aliphatic rings. The normalized spacial score (nSPS) is 12.4. The van der Waals surface area contributed by atoms with Gasteiger partial charge in [-0.25, -0.2) is 4.98 Å². The number of hydrogen-bond acceptors (Lipinski definition) is 5. The molecule has 0 atom stereocenters. The van der Waals surface area contributed by atoms with E-state index in [9.17, 15) is 0 Å². The summed E-state index contributed by atoms with van der Waals surface area (Å²) in [6.45, 7) is 0.750. The average molecular weight is 235 g/mol. The Hall–Kier alpha value is -2.02. The predicted octanol–water partition coefficient (Wildman–Crippen LogP) is -0.555. The molecule has 2 aromatic rings. The van der Waals surface area contributed by atoms with E-state index in [1.54, 1.807) is 12.6 Å². The van der Waals surface area contributed by atoms with Gasteiger partial charge in [-0.05, 0) is 36.3 Å². The van der Waals surface area contributed by atoms with Gasteiger partial charge in [-0.15, -0.1) is 5.10 Å². The Morgan fingerprint density at radius 3 is 3.12 bits per heavy atom. The first-order valence-electron chi connectivity index (χ1n) is 5.18. The van der Waals surface area contributed by atoms with Gasteiger partial charge in [0.25, 0.3) is 0 Å². The maximum absolute atomic E-state index is 5.38. The van der Waals surface area contributed by atoms with Gasteiger partial charge in [0.15, 0.2) is 0 Å². The van der Waals surface area contributed by atoms with E-state index in [2.05, 4.69) is 15.3 Å². The highest BCUT2D eigenvalue weighted by molar-refractivity contribution is 5.68. The Morgan fingerprint density at radius 2 is 2.35 bits per heavy atom. The van der Waals surface area contributed by atoms with Crippen LogP contribution in [0.3, 0.4) is 0 Å². The van der Waals surface area contributed by atoms with Gasteiger partial charge in [0.1, 0.15) is 12.6 Å². The van der Waals surface area contributed by atoms with Gasteiger partial charge in [-0.1, -0.05) is 0 Å².